The van der Waals surface area contributed by atoms with Gasteiger partial charge in [-0.1, -0.05) is 78.1 Å². The molecular formula is C17H34O3. The van der Waals surface area contributed by atoms with Crippen LogP contribution in [0.4, 0.5) is 0 Å². The van der Waals surface area contributed by atoms with Crippen LogP contribution in [0.2, 0.25) is 0 Å². The number of aliphatic carboxylic acids is 1. The first-order valence-electron chi connectivity index (χ1n) is 8.48. The minimum atomic E-state index is -0.982. The summed E-state index contributed by atoms with van der Waals surface area (Å²) in [5.41, 5.74) is -0.982. The third kappa shape index (κ3) is 11.3. The van der Waals surface area contributed by atoms with Gasteiger partial charge < -0.3 is 10.2 Å². The van der Waals surface area contributed by atoms with Crippen LogP contribution in [0.15, 0.2) is 0 Å². The van der Waals surface area contributed by atoms with Gasteiger partial charge in [-0.25, -0.2) is 0 Å². The molecular weight excluding hydrogens is 252 g/mol. The molecule has 0 aliphatic rings. The molecule has 20 heavy (non-hydrogen) atoms. The van der Waals surface area contributed by atoms with Gasteiger partial charge in [-0.3, -0.25) is 4.79 Å². The van der Waals surface area contributed by atoms with Gasteiger partial charge in [0.2, 0.25) is 0 Å². The number of unbranched alkanes of at least 4 members (excludes halogenated alkanes) is 8. The summed E-state index contributed by atoms with van der Waals surface area (Å²) in [6.07, 6.45) is 12.8. The Kier molecular flexibility index (Phi) is 11.8. The summed E-state index contributed by atoms with van der Waals surface area (Å²) in [5.74, 6) is -0.886. The molecule has 0 fully saturated rings. The molecule has 3 nitrogen and oxygen atoms in total. The Labute approximate surface area is 124 Å². The number of hydrogen-bond acceptors (Lipinski definition) is 2. The van der Waals surface area contributed by atoms with E-state index in [9.17, 15) is 9.90 Å². The van der Waals surface area contributed by atoms with Crippen LogP contribution >= 0.6 is 0 Å². The lowest BCUT2D eigenvalue weighted by Crippen LogP contribution is -2.31. The molecule has 0 amide bonds. The van der Waals surface area contributed by atoms with Gasteiger partial charge in [0.15, 0.2) is 0 Å². The molecule has 1 unspecified atom stereocenters. The van der Waals surface area contributed by atoms with Crippen molar-refractivity contribution >= 4 is 5.97 Å². The maximum Gasteiger partial charge on any atom is 0.306 e. The predicted octanol–water partition coefficient (Wildman–Crippen LogP) is 4.91. The molecule has 0 aliphatic heterocycles. The molecule has 0 aromatic rings. The fourth-order valence-corrected chi connectivity index (χ4v) is 2.68. The maximum atomic E-state index is 10.9. The van der Waals surface area contributed by atoms with E-state index in [0.717, 1.165) is 25.7 Å². The topological polar surface area (TPSA) is 57.5 Å². The van der Waals surface area contributed by atoms with E-state index in [-0.39, 0.29) is 6.42 Å². The fraction of sp³-hybridized carbons (Fsp3) is 0.941. The first-order valence-corrected chi connectivity index (χ1v) is 8.48. The van der Waals surface area contributed by atoms with Crippen LogP contribution in [-0.2, 0) is 4.79 Å². The molecule has 0 bridgehead atoms. The summed E-state index contributed by atoms with van der Waals surface area (Å²) in [4.78, 5) is 10.9. The van der Waals surface area contributed by atoms with Crippen LogP contribution in [0.3, 0.4) is 0 Å². The Bertz CT molecular complexity index is 240. The van der Waals surface area contributed by atoms with Gasteiger partial charge >= 0.3 is 5.97 Å². The first-order chi connectivity index (χ1) is 9.54. The second-order valence-corrected chi connectivity index (χ2v) is 6.12. The van der Waals surface area contributed by atoms with E-state index in [0.29, 0.717) is 12.8 Å². The molecule has 0 aliphatic carbocycles. The van der Waals surface area contributed by atoms with Gasteiger partial charge in [-0.15, -0.1) is 0 Å². The molecule has 2 N–H and O–H groups in total. The Morgan fingerprint density at radius 3 is 1.75 bits per heavy atom. The zero-order valence-corrected chi connectivity index (χ0v) is 13.5. The Morgan fingerprint density at radius 1 is 0.800 bits per heavy atom. The zero-order valence-electron chi connectivity index (χ0n) is 13.5. The largest absolute Gasteiger partial charge is 0.481 e. The smallest absolute Gasteiger partial charge is 0.306 e. The van der Waals surface area contributed by atoms with E-state index in [2.05, 4.69) is 13.8 Å². The molecule has 120 valence electrons. The van der Waals surface area contributed by atoms with Crippen LogP contribution in [0.5, 0.6) is 0 Å². The van der Waals surface area contributed by atoms with Gasteiger partial charge in [0, 0.05) is 0 Å². The summed E-state index contributed by atoms with van der Waals surface area (Å²) < 4.78 is 0. The number of rotatable bonds is 14. The number of hydrogen-bond donors (Lipinski definition) is 2. The van der Waals surface area contributed by atoms with Crippen molar-refractivity contribution in [1.29, 1.82) is 0 Å². The van der Waals surface area contributed by atoms with Crippen LogP contribution < -0.4 is 0 Å². The fourth-order valence-electron chi connectivity index (χ4n) is 2.68. The Morgan fingerprint density at radius 2 is 1.25 bits per heavy atom. The van der Waals surface area contributed by atoms with Crippen molar-refractivity contribution in [1.82, 2.24) is 0 Å². The number of carboxylic acid groups (broad SMARTS) is 1. The van der Waals surface area contributed by atoms with Crippen molar-refractivity contribution in [3.63, 3.8) is 0 Å². The second-order valence-electron chi connectivity index (χ2n) is 6.12. The molecule has 1 atom stereocenters. The number of carboxylic acids is 1. The van der Waals surface area contributed by atoms with Crippen LogP contribution in [0.25, 0.3) is 0 Å². The lowest BCUT2D eigenvalue weighted by molar-refractivity contribution is -0.143. The first kappa shape index (κ1) is 19.4. The number of aliphatic hydroxyl groups is 1. The van der Waals surface area contributed by atoms with Gasteiger partial charge in [0.05, 0.1) is 12.0 Å². The summed E-state index contributed by atoms with van der Waals surface area (Å²) in [6, 6.07) is 0. The predicted molar refractivity (Wildman–Crippen MR) is 84.0 cm³/mol. The van der Waals surface area contributed by atoms with Crippen LogP contribution in [0, 0.1) is 0 Å². The highest BCUT2D eigenvalue weighted by molar-refractivity contribution is 5.68. The highest BCUT2D eigenvalue weighted by Gasteiger charge is 2.28. The highest BCUT2D eigenvalue weighted by atomic mass is 16.4. The molecule has 0 rings (SSSR count). The van der Waals surface area contributed by atoms with Crippen molar-refractivity contribution < 1.29 is 15.0 Å². The molecule has 0 spiro atoms. The quantitative estimate of drug-likeness (QED) is 0.446. The number of carbonyl (C=O) groups is 1. The van der Waals surface area contributed by atoms with E-state index in [1.165, 1.54) is 38.5 Å². The van der Waals surface area contributed by atoms with Crippen molar-refractivity contribution in [2.75, 3.05) is 0 Å². The lowest BCUT2D eigenvalue weighted by atomic mass is 9.87. The van der Waals surface area contributed by atoms with Gasteiger partial charge in [0.1, 0.15) is 0 Å². The minimum Gasteiger partial charge on any atom is -0.481 e. The van der Waals surface area contributed by atoms with E-state index < -0.39 is 11.6 Å². The molecule has 0 saturated carbocycles. The van der Waals surface area contributed by atoms with Crippen molar-refractivity contribution in [2.24, 2.45) is 0 Å². The monoisotopic (exact) mass is 286 g/mol. The Hall–Kier alpha value is -0.570. The third-order valence-corrected chi connectivity index (χ3v) is 3.97. The molecule has 0 heterocycles. The van der Waals surface area contributed by atoms with E-state index in [1.807, 2.05) is 0 Å². The van der Waals surface area contributed by atoms with Crippen molar-refractivity contribution in [3.8, 4) is 0 Å². The summed E-state index contributed by atoms with van der Waals surface area (Å²) in [7, 11) is 0. The Balaban J connectivity index is 3.76. The van der Waals surface area contributed by atoms with Crippen LogP contribution in [-0.4, -0.2) is 21.8 Å². The molecule has 0 aromatic heterocycles. The maximum absolute atomic E-state index is 10.9. The van der Waals surface area contributed by atoms with Gasteiger partial charge in [0.25, 0.3) is 0 Å². The molecule has 0 saturated heterocycles. The van der Waals surface area contributed by atoms with Crippen molar-refractivity contribution in [2.45, 2.75) is 103 Å². The summed E-state index contributed by atoms with van der Waals surface area (Å²) in [5, 5.41) is 19.3. The van der Waals surface area contributed by atoms with Crippen LogP contribution in [0.1, 0.15) is 97.3 Å². The van der Waals surface area contributed by atoms with E-state index >= 15 is 0 Å². The second kappa shape index (κ2) is 12.2. The SMILES string of the molecule is CCCCCCCCCCC(O)(CCCC)CC(=O)O. The molecule has 0 radical (unpaired) electrons. The average molecular weight is 286 g/mol. The summed E-state index contributed by atoms with van der Waals surface area (Å²) in [6.45, 7) is 4.29. The molecule has 3 heteroatoms. The summed E-state index contributed by atoms with van der Waals surface area (Å²) >= 11 is 0. The molecule has 0 aromatic carbocycles. The van der Waals surface area contributed by atoms with Gasteiger partial charge in [-0.05, 0) is 12.8 Å². The lowest BCUT2D eigenvalue weighted by Gasteiger charge is -2.26. The van der Waals surface area contributed by atoms with E-state index in [1.54, 1.807) is 0 Å². The highest BCUT2D eigenvalue weighted by Crippen LogP contribution is 2.26. The van der Waals surface area contributed by atoms with Gasteiger partial charge in [-0.2, -0.15) is 0 Å². The third-order valence-electron chi connectivity index (χ3n) is 3.97. The average Bonchev–Trinajstić information content (AvgIpc) is 2.39. The minimum absolute atomic E-state index is 0.108. The van der Waals surface area contributed by atoms with E-state index in [4.69, 9.17) is 5.11 Å². The van der Waals surface area contributed by atoms with Crippen molar-refractivity contribution in [3.05, 3.63) is 0 Å². The standard InChI is InChI=1S/C17H34O3/c1-3-5-7-8-9-10-11-12-14-17(20,13-6-4-2)15-16(18)19/h20H,3-15H2,1-2H3,(H,18,19). The zero-order chi connectivity index (χ0) is 15.3. The normalized spacial score (nSPS) is 14.2.